The van der Waals surface area contributed by atoms with Gasteiger partial charge in [0.15, 0.2) is 0 Å². The molecule has 142 valence electrons. The van der Waals surface area contributed by atoms with Crippen molar-refractivity contribution < 1.29 is 19.0 Å². The quantitative estimate of drug-likeness (QED) is 0.528. The minimum absolute atomic E-state index is 0.164. The lowest BCUT2D eigenvalue weighted by atomic mass is 10.0. The summed E-state index contributed by atoms with van der Waals surface area (Å²) in [5.41, 5.74) is 1.74. The van der Waals surface area contributed by atoms with Crippen molar-refractivity contribution in [3.63, 3.8) is 0 Å². The topological polar surface area (TPSA) is 80.9 Å². The summed E-state index contributed by atoms with van der Waals surface area (Å²) >= 11 is 0. The van der Waals surface area contributed by atoms with Gasteiger partial charge in [0.05, 0.1) is 12.7 Å². The van der Waals surface area contributed by atoms with E-state index in [9.17, 15) is 9.90 Å². The number of fused-ring (bicyclic) bond motifs is 1. The van der Waals surface area contributed by atoms with Crippen LogP contribution in [0.25, 0.3) is 11.0 Å². The number of hydrogen-bond donors (Lipinski definition) is 2. The molecule has 1 aliphatic heterocycles. The van der Waals surface area contributed by atoms with Crippen LogP contribution in [0.2, 0.25) is 0 Å². The van der Waals surface area contributed by atoms with Crippen molar-refractivity contribution in [2.45, 2.75) is 45.3 Å². The number of nitrogens with one attached hydrogen (secondary N) is 1. The largest absolute Gasteiger partial charge is 0.508 e. The van der Waals surface area contributed by atoms with Crippen LogP contribution in [-0.4, -0.2) is 37.6 Å². The number of phenols is 1. The molecule has 0 amide bonds. The number of benzene rings is 1. The second-order valence-corrected chi connectivity index (χ2v) is 6.66. The zero-order valence-electron chi connectivity index (χ0n) is 15.3. The van der Waals surface area contributed by atoms with E-state index in [-0.39, 0.29) is 11.9 Å². The van der Waals surface area contributed by atoms with E-state index in [1.54, 1.807) is 0 Å². The Morgan fingerprint density at radius 1 is 1.31 bits per heavy atom. The van der Waals surface area contributed by atoms with E-state index in [4.69, 9.17) is 13.9 Å². The maximum atomic E-state index is 11.8. The van der Waals surface area contributed by atoms with Crippen LogP contribution in [0, 0.1) is 0 Å². The molecule has 26 heavy (non-hydrogen) atoms. The van der Waals surface area contributed by atoms with Crippen LogP contribution in [-0.2, 0) is 22.4 Å². The lowest BCUT2D eigenvalue weighted by Crippen LogP contribution is -2.19. The number of phenolic OH excluding ortho intramolecular Hbond substituents is 1. The molecule has 0 unspecified atom stereocenters. The Labute approximate surface area is 153 Å². The maximum absolute atomic E-state index is 11.8. The number of rotatable bonds is 9. The summed E-state index contributed by atoms with van der Waals surface area (Å²) in [6, 6.07) is 4.94. The molecule has 3 rings (SSSR count). The second kappa shape index (κ2) is 9.16. The predicted molar refractivity (Wildman–Crippen MR) is 99.6 cm³/mol. The highest BCUT2D eigenvalue weighted by atomic mass is 16.5. The first-order valence-corrected chi connectivity index (χ1v) is 9.36. The molecule has 0 bridgehead atoms. The summed E-state index contributed by atoms with van der Waals surface area (Å²) in [4.78, 5) is 11.8. The van der Waals surface area contributed by atoms with Crippen LogP contribution < -0.4 is 10.9 Å². The van der Waals surface area contributed by atoms with Crippen LogP contribution in [0.3, 0.4) is 0 Å². The van der Waals surface area contributed by atoms with Crippen LogP contribution >= 0.6 is 0 Å². The third-order valence-electron chi connectivity index (χ3n) is 4.70. The molecule has 6 nitrogen and oxygen atoms in total. The van der Waals surface area contributed by atoms with Gasteiger partial charge in [-0.2, -0.15) is 0 Å². The predicted octanol–water partition coefficient (Wildman–Crippen LogP) is 2.74. The molecule has 1 aromatic heterocycles. The van der Waals surface area contributed by atoms with Crippen molar-refractivity contribution in [1.82, 2.24) is 5.32 Å². The van der Waals surface area contributed by atoms with Crippen molar-refractivity contribution in [3.8, 4) is 5.75 Å². The van der Waals surface area contributed by atoms with Gasteiger partial charge in [0.1, 0.15) is 11.3 Å². The van der Waals surface area contributed by atoms with Gasteiger partial charge in [-0.15, -0.1) is 0 Å². The molecule has 2 N–H and O–H groups in total. The molecule has 0 radical (unpaired) electrons. The second-order valence-electron chi connectivity index (χ2n) is 6.66. The molecule has 2 heterocycles. The Kier molecular flexibility index (Phi) is 6.66. The zero-order chi connectivity index (χ0) is 18.4. The highest BCUT2D eigenvalue weighted by Crippen LogP contribution is 2.26. The van der Waals surface area contributed by atoms with Crippen molar-refractivity contribution in [2.75, 3.05) is 26.4 Å². The van der Waals surface area contributed by atoms with E-state index in [1.165, 1.54) is 12.1 Å². The molecule has 6 heteroatoms. The fourth-order valence-electron chi connectivity index (χ4n) is 3.25. The number of ether oxygens (including phenoxy) is 2. The molecule has 1 aliphatic rings. The van der Waals surface area contributed by atoms with Gasteiger partial charge in [0.2, 0.25) is 0 Å². The van der Waals surface area contributed by atoms with E-state index in [1.807, 2.05) is 13.0 Å². The van der Waals surface area contributed by atoms with Gasteiger partial charge < -0.3 is 24.3 Å². The van der Waals surface area contributed by atoms with Crippen molar-refractivity contribution in [2.24, 2.45) is 0 Å². The molecule has 1 saturated heterocycles. The molecule has 1 atom stereocenters. The Hall–Kier alpha value is -1.89. The first-order chi connectivity index (χ1) is 12.7. The van der Waals surface area contributed by atoms with Gasteiger partial charge >= 0.3 is 5.63 Å². The fourth-order valence-corrected chi connectivity index (χ4v) is 3.25. The van der Waals surface area contributed by atoms with E-state index < -0.39 is 5.63 Å². The highest BCUT2D eigenvalue weighted by Gasteiger charge is 2.15. The Morgan fingerprint density at radius 2 is 2.19 bits per heavy atom. The third kappa shape index (κ3) is 4.84. The summed E-state index contributed by atoms with van der Waals surface area (Å²) in [6.07, 6.45) is 4.11. The van der Waals surface area contributed by atoms with E-state index in [2.05, 4.69) is 5.32 Å². The third-order valence-corrected chi connectivity index (χ3v) is 4.70. The first kappa shape index (κ1) is 18.9. The number of aromatic hydroxyl groups is 1. The maximum Gasteiger partial charge on any atom is 0.336 e. The normalized spacial score (nSPS) is 17.2. The monoisotopic (exact) mass is 361 g/mol. The molecule has 1 aromatic carbocycles. The molecule has 0 spiro atoms. The smallest absolute Gasteiger partial charge is 0.336 e. The van der Waals surface area contributed by atoms with Gasteiger partial charge in [-0.25, -0.2) is 4.79 Å². The highest BCUT2D eigenvalue weighted by molar-refractivity contribution is 5.82. The van der Waals surface area contributed by atoms with Crippen LogP contribution in [0.4, 0.5) is 0 Å². The Balaban J connectivity index is 1.50. The zero-order valence-corrected chi connectivity index (χ0v) is 15.3. The molecule has 1 fully saturated rings. The molecule has 0 aliphatic carbocycles. The van der Waals surface area contributed by atoms with Gasteiger partial charge in [0.25, 0.3) is 0 Å². The molecule has 0 saturated carbocycles. The first-order valence-electron chi connectivity index (χ1n) is 9.36. The number of aryl methyl sites for hydroxylation is 1. The van der Waals surface area contributed by atoms with Gasteiger partial charge in [-0.3, -0.25) is 0 Å². The minimum atomic E-state index is -0.405. The SMILES string of the molecule is CCc1cc2c(CNCCCOC[C@H]3CCCO3)cc(=O)oc2cc1O. The van der Waals surface area contributed by atoms with Crippen LogP contribution in [0.1, 0.15) is 37.3 Å². The van der Waals surface area contributed by atoms with Crippen LogP contribution in [0.15, 0.2) is 27.4 Å². The van der Waals surface area contributed by atoms with Gasteiger partial charge in [0, 0.05) is 37.3 Å². The summed E-state index contributed by atoms with van der Waals surface area (Å²) in [7, 11) is 0. The van der Waals surface area contributed by atoms with E-state index in [0.29, 0.717) is 25.3 Å². The fraction of sp³-hybridized carbons (Fsp3) is 0.550. The molecular weight excluding hydrogens is 334 g/mol. The standard InChI is InChI=1S/C20H27NO5/c1-2-14-9-17-15(10-20(23)26-19(17)11-18(14)22)12-21-6-4-7-24-13-16-5-3-8-25-16/h9-11,16,21-22H,2-8,12-13H2,1H3/t16-/m1/s1. The summed E-state index contributed by atoms with van der Waals surface area (Å²) in [5, 5.41) is 14.2. The summed E-state index contributed by atoms with van der Waals surface area (Å²) in [5.74, 6) is 0.164. The average Bonchev–Trinajstić information content (AvgIpc) is 3.13. The summed E-state index contributed by atoms with van der Waals surface area (Å²) in [6.45, 7) is 5.57. The van der Waals surface area contributed by atoms with Crippen molar-refractivity contribution >= 4 is 11.0 Å². The number of hydrogen-bond acceptors (Lipinski definition) is 6. The van der Waals surface area contributed by atoms with Crippen molar-refractivity contribution in [1.29, 1.82) is 0 Å². The average molecular weight is 361 g/mol. The lowest BCUT2D eigenvalue weighted by Gasteiger charge is -2.11. The van der Waals surface area contributed by atoms with Crippen molar-refractivity contribution in [3.05, 3.63) is 39.7 Å². The van der Waals surface area contributed by atoms with E-state index in [0.717, 1.165) is 55.3 Å². The van der Waals surface area contributed by atoms with Crippen LogP contribution in [0.5, 0.6) is 5.75 Å². The Bertz CT molecular complexity index is 780. The Morgan fingerprint density at radius 3 is 2.96 bits per heavy atom. The molecule has 2 aromatic rings. The lowest BCUT2D eigenvalue weighted by molar-refractivity contribution is 0.0166. The van der Waals surface area contributed by atoms with Gasteiger partial charge in [-0.05, 0) is 49.4 Å². The minimum Gasteiger partial charge on any atom is -0.508 e. The van der Waals surface area contributed by atoms with Gasteiger partial charge in [-0.1, -0.05) is 6.92 Å². The van der Waals surface area contributed by atoms with E-state index >= 15 is 0 Å². The molecular formula is C20H27NO5. The summed E-state index contributed by atoms with van der Waals surface area (Å²) < 4.78 is 16.4.